The number of aromatic nitrogens is 3. The van der Waals surface area contributed by atoms with Crippen LogP contribution in [0.1, 0.15) is 24.8 Å². The molecule has 146 valence electrons. The molecule has 1 aliphatic rings. The van der Waals surface area contributed by atoms with Crippen LogP contribution in [0.4, 0.5) is 0 Å². The van der Waals surface area contributed by atoms with E-state index in [2.05, 4.69) is 15.2 Å². The van der Waals surface area contributed by atoms with Crippen molar-refractivity contribution in [3.05, 3.63) is 54.4 Å². The maximum Gasteiger partial charge on any atom is 0.277 e. The first kappa shape index (κ1) is 19.1. The molecule has 1 aromatic carbocycles. The standard InChI is InChI=1S/C19H20N4O3S2/c24-28(25,23-10-2-1-3-11-23)17-8-4-7-16(12-17)18-21-22-19(26-18)27-14-15-6-5-9-20-13-15/h4-9,12-13H,1-3,10-11,14H2. The van der Waals surface area contributed by atoms with Crippen molar-refractivity contribution in [2.45, 2.75) is 35.1 Å². The van der Waals surface area contributed by atoms with Gasteiger partial charge in [0.25, 0.3) is 5.22 Å². The van der Waals surface area contributed by atoms with Crippen LogP contribution in [0.3, 0.4) is 0 Å². The van der Waals surface area contributed by atoms with Crippen molar-refractivity contribution >= 4 is 21.8 Å². The smallest absolute Gasteiger partial charge is 0.277 e. The van der Waals surface area contributed by atoms with E-state index in [-0.39, 0.29) is 4.90 Å². The van der Waals surface area contributed by atoms with Gasteiger partial charge in [0, 0.05) is 36.8 Å². The molecule has 2 aromatic heterocycles. The van der Waals surface area contributed by atoms with Crippen LogP contribution in [-0.4, -0.2) is 41.0 Å². The molecule has 0 unspecified atom stereocenters. The second-order valence-electron chi connectivity index (χ2n) is 6.52. The molecule has 3 aromatic rings. The fourth-order valence-electron chi connectivity index (χ4n) is 3.06. The zero-order valence-corrected chi connectivity index (χ0v) is 16.8. The molecule has 1 aliphatic heterocycles. The van der Waals surface area contributed by atoms with Gasteiger partial charge in [-0.3, -0.25) is 4.98 Å². The summed E-state index contributed by atoms with van der Waals surface area (Å²) in [6.45, 7) is 1.14. The third kappa shape index (κ3) is 4.26. The minimum Gasteiger partial charge on any atom is -0.411 e. The number of piperidine rings is 1. The van der Waals surface area contributed by atoms with Gasteiger partial charge < -0.3 is 4.42 Å². The Hall–Kier alpha value is -2.23. The molecule has 0 aliphatic carbocycles. The first-order valence-electron chi connectivity index (χ1n) is 9.09. The number of hydrogen-bond donors (Lipinski definition) is 0. The van der Waals surface area contributed by atoms with Crippen LogP contribution in [0.15, 0.2) is 63.3 Å². The van der Waals surface area contributed by atoms with Gasteiger partial charge in [0.2, 0.25) is 15.9 Å². The molecule has 3 heterocycles. The number of rotatable bonds is 6. The summed E-state index contributed by atoms with van der Waals surface area (Å²) in [6, 6.07) is 10.6. The Morgan fingerprint density at radius 2 is 1.93 bits per heavy atom. The van der Waals surface area contributed by atoms with E-state index in [1.807, 2.05) is 12.1 Å². The van der Waals surface area contributed by atoms with E-state index in [0.29, 0.717) is 35.5 Å². The molecule has 9 heteroatoms. The second kappa shape index (κ2) is 8.42. The average molecular weight is 417 g/mol. The van der Waals surface area contributed by atoms with Gasteiger partial charge in [0.1, 0.15) is 0 Å². The number of thioether (sulfide) groups is 1. The first-order chi connectivity index (χ1) is 13.6. The Bertz CT molecular complexity index is 1030. The van der Waals surface area contributed by atoms with Gasteiger partial charge in [-0.25, -0.2) is 8.42 Å². The number of hydrogen-bond acceptors (Lipinski definition) is 7. The molecule has 0 radical (unpaired) electrons. The first-order valence-corrected chi connectivity index (χ1v) is 11.5. The lowest BCUT2D eigenvalue weighted by molar-refractivity contribution is 0.346. The fourth-order valence-corrected chi connectivity index (χ4v) is 5.32. The third-order valence-corrected chi connectivity index (χ3v) is 7.31. The van der Waals surface area contributed by atoms with E-state index < -0.39 is 10.0 Å². The Balaban J connectivity index is 1.51. The second-order valence-corrected chi connectivity index (χ2v) is 9.38. The number of benzene rings is 1. The van der Waals surface area contributed by atoms with Crippen LogP contribution in [0.5, 0.6) is 0 Å². The van der Waals surface area contributed by atoms with Gasteiger partial charge >= 0.3 is 0 Å². The van der Waals surface area contributed by atoms with Gasteiger partial charge in [-0.1, -0.05) is 30.3 Å². The van der Waals surface area contributed by atoms with Crippen molar-refractivity contribution in [2.75, 3.05) is 13.1 Å². The molecule has 28 heavy (non-hydrogen) atoms. The van der Waals surface area contributed by atoms with E-state index in [1.54, 1.807) is 41.0 Å². The Labute approximate surface area is 168 Å². The molecular weight excluding hydrogens is 396 g/mol. The van der Waals surface area contributed by atoms with Crippen LogP contribution in [0, 0.1) is 0 Å². The monoisotopic (exact) mass is 416 g/mol. The number of pyridine rings is 1. The van der Waals surface area contributed by atoms with Crippen molar-refractivity contribution in [3.63, 3.8) is 0 Å². The Kier molecular flexibility index (Phi) is 5.74. The minimum absolute atomic E-state index is 0.259. The Morgan fingerprint density at radius 3 is 2.71 bits per heavy atom. The maximum absolute atomic E-state index is 12.9. The number of nitrogens with zero attached hydrogens (tertiary/aromatic N) is 4. The fraction of sp³-hybridized carbons (Fsp3) is 0.316. The van der Waals surface area contributed by atoms with Crippen molar-refractivity contribution in [1.82, 2.24) is 19.5 Å². The summed E-state index contributed by atoms with van der Waals surface area (Å²) in [4.78, 5) is 4.34. The highest BCUT2D eigenvalue weighted by molar-refractivity contribution is 7.98. The van der Waals surface area contributed by atoms with Crippen LogP contribution >= 0.6 is 11.8 Å². The molecule has 0 bridgehead atoms. The molecule has 0 amide bonds. The zero-order valence-electron chi connectivity index (χ0n) is 15.2. The summed E-state index contributed by atoms with van der Waals surface area (Å²) in [5, 5.41) is 8.56. The van der Waals surface area contributed by atoms with E-state index in [1.165, 1.54) is 11.8 Å². The van der Waals surface area contributed by atoms with E-state index >= 15 is 0 Å². The quantitative estimate of drug-likeness (QED) is 0.567. The molecule has 4 rings (SSSR count). The molecule has 0 saturated carbocycles. The van der Waals surface area contributed by atoms with Crippen LogP contribution in [0.2, 0.25) is 0 Å². The van der Waals surface area contributed by atoms with Gasteiger partial charge in [0.15, 0.2) is 0 Å². The average Bonchev–Trinajstić information content (AvgIpc) is 3.23. The number of sulfonamides is 1. The molecule has 0 atom stereocenters. The summed E-state index contributed by atoms with van der Waals surface area (Å²) >= 11 is 1.41. The highest BCUT2D eigenvalue weighted by Gasteiger charge is 2.26. The molecule has 0 spiro atoms. The molecule has 7 nitrogen and oxygen atoms in total. The molecule has 1 fully saturated rings. The van der Waals surface area contributed by atoms with Crippen molar-refractivity contribution in [3.8, 4) is 11.5 Å². The maximum atomic E-state index is 12.9. The predicted octanol–water partition coefficient (Wildman–Crippen LogP) is 3.60. The van der Waals surface area contributed by atoms with E-state index in [4.69, 9.17) is 4.42 Å². The largest absolute Gasteiger partial charge is 0.411 e. The van der Waals surface area contributed by atoms with Crippen LogP contribution in [0.25, 0.3) is 11.5 Å². The summed E-state index contributed by atoms with van der Waals surface area (Å²) in [6.07, 6.45) is 6.40. The van der Waals surface area contributed by atoms with Gasteiger partial charge in [-0.15, -0.1) is 10.2 Å². The lowest BCUT2D eigenvalue weighted by Gasteiger charge is -2.25. The van der Waals surface area contributed by atoms with Crippen LogP contribution in [-0.2, 0) is 15.8 Å². The third-order valence-electron chi connectivity index (χ3n) is 4.53. The molecular formula is C19H20N4O3S2. The Morgan fingerprint density at radius 1 is 1.07 bits per heavy atom. The van der Waals surface area contributed by atoms with E-state index in [0.717, 1.165) is 24.8 Å². The summed E-state index contributed by atoms with van der Waals surface area (Å²) in [5.74, 6) is 0.975. The summed E-state index contributed by atoms with van der Waals surface area (Å²) < 4.78 is 33.0. The zero-order chi connectivity index (χ0) is 19.4. The lowest BCUT2D eigenvalue weighted by Crippen LogP contribution is -2.35. The van der Waals surface area contributed by atoms with Crippen LogP contribution < -0.4 is 0 Å². The predicted molar refractivity (Wildman–Crippen MR) is 106 cm³/mol. The summed E-state index contributed by atoms with van der Waals surface area (Å²) in [7, 11) is -3.50. The van der Waals surface area contributed by atoms with Crippen molar-refractivity contribution in [1.29, 1.82) is 0 Å². The highest BCUT2D eigenvalue weighted by Crippen LogP contribution is 2.28. The lowest BCUT2D eigenvalue weighted by atomic mass is 10.2. The minimum atomic E-state index is -3.50. The SMILES string of the molecule is O=S(=O)(c1cccc(-c2nnc(SCc3cccnc3)o2)c1)N1CCCCC1. The molecule has 1 saturated heterocycles. The summed E-state index contributed by atoms with van der Waals surface area (Å²) in [5.41, 5.74) is 1.65. The normalized spacial score (nSPS) is 15.6. The topological polar surface area (TPSA) is 89.2 Å². The van der Waals surface area contributed by atoms with Gasteiger partial charge in [-0.2, -0.15) is 4.31 Å². The molecule has 0 N–H and O–H groups in total. The van der Waals surface area contributed by atoms with Crippen molar-refractivity contribution in [2.24, 2.45) is 0 Å². The van der Waals surface area contributed by atoms with Gasteiger partial charge in [0.05, 0.1) is 4.90 Å². The van der Waals surface area contributed by atoms with Crippen molar-refractivity contribution < 1.29 is 12.8 Å². The van der Waals surface area contributed by atoms with Gasteiger partial charge in [-0.05, 0) is 42.7 Å². The van der Waals surface area contributed by atoms with E-state index in [9.17, 15) is 8.42 Å². The highest BCUT2D eigenvalue weighted by atomic mass is 32.2.